The van der Waals surface area contributed by atoms with Gasteiger partial charge < -0.3 is 9.47 Å². The molecule has 4 nitrogen and oxygen atoms in total. The molecule has 0 bridgehead atoms. The van der Waals surface area contributed by atoms with Gasteiger partial charge in [0.1, 0.15) is 0 Å². The molecule has 0 aromatic heterocycles. The Bertz CT molecular complexity index is 798. The van der Waals surface area contributed by atoms with Crippen molar-refractivity contribution in [1.82, 2.24) is 0 Å². The third kappa shape index (κ3) is 2.51. The van der Waals surface area contributed by atoms with Crippen LogP contribution in [0.3, 0.4) is 0 Å². The van der Waals surface area contributed by atoms with Crippen LogP contribution in [0.2, 0.25) is 5.02 Å². The maximum absolute atomic E-state index is 12.6. The third-order valence-corrected chi connectivity index (χ3v) is 3.92. The van der Waals surface area contributed by atoms with E-state index in [1.165, 1.54) is 13.2 Å². The molecule has 0 radical (unpaired) electrons. The summed E-state index contributed by atoms with van der Waals surface area (Å²) < 4.78 is 10.4. The summed E-state index contributed by atoms with van der Waals surface area (Å²) >= 11 is 6.04. The molecule has 0 aliphatic carbocycles. The van der Waals surface area contributed by atoms with E-state index in [1.54, 1.807) is 48.5 Å². The first-order chi connectivity index (χ1) is 11.1. The minimum atomic E-state index is -1.63. The van der Waals surface area contributed by atoms with Gasteiger partial charge in [0.25, 0.3) is 5.60 Å². The highest BCUT2D eigenvalue weighted by Gasteiger charge is 2.53. The van der Waals surface area contributed by atoms with Gasteiger partial charge >= 0.3 is 11.9 Å². The molecule has 0 unspecified atom stereocenters. The van der Waals surface area contributed by atoms with Crippen LogP contribution in [0.25, 0.3) is 5.57 Å². The van der Waals surface area contributed by atoms with Gasteiger partial charge in [-0.25, -0.2) is 9.59 Å². The van der Waals surface area contributed by atoms with Gasteiger partial charge in [0.05, 0.1) is 7.11 Å². The zero-order chi connectivity index (χ0) is 16.4. The minimum Gasteiger partial charge on any atom is -0.466 e. The molecule has 1 aliphatic rings. The van der Waals surface area contributed by atoms with Crippen molar-refractivity contribution in [3.63, 3.8) is 0 Å². The topological polar surface area (TPSA) is 52.6 Å². The molecule has 0 amide bonds. The first-order valence-corrected chi connectivity index (χ1v) is 7.31. The van der Waals surface area contributed by atoms with Crippen molar-refractivity contribution in [3.8, 4) is 0 Å². The molecule has 0 spiro atoms. The predicted molar refractivity (Wildman–Crippen MR) is 85.7 cm³/mol. The molecule has 0 fully saturated rings. The zero-order valence-electron chi connectivity index (χ0n) is 12.3. The smallest absolute Gasteiger partial charge is 0.360 e. The summed E-state index contributed by atoms with van der Waals surface area (Å²) in [6.07, 6.45) is 1.30. The van der Waals surface area contributed by atoms with Crippen LogP contribution in [0.15, 0.2) is 60.7 Å². The number of methoxy groups -OCH3 is 1. The van der Waals surface area contributed by atoms with Gasteiger partial charge in [-0.15, -0.1) is 0 Å². The van der Waals surface area contributed by atoms with Crippen LogP contribution in [0.5, 0.6) is 0 Å². The Labute approximate surface area is 138 Å². The number of rotatable bonds is 3. The van der Waals surface area contributed by atoms with Gasteiger partial charge in [0.2, 0.25) is 0 Å². The van der Waals surface area contributed by atoms with Crippen LogP contribution in [0.1, 0.15) is 11.1 Å². The molecular formula is C18H13ClO4. The van der Waals surface area contributed by atoms with Gasteiger partial charge in [0.15, 0.2) is 0 Å². The standard InChI is InChI=1S/C18H13ClO4/c1-22-17(21)18(13-7-3-2-4-8-13)15(11-16(20)23-18)12-6-5-9-14(19)10-12/h2-11H,1H3/t18-/m1/s1. The van der Waals surface area contributed by atoms with Crippen LogP contribution in [0, 0.1) is 0 Å². The normalized spacial score (nSPS) is 19.9. The number of halogens is 1. The summed E-state index contributed by atoms with van der Waals surface area (Å²) in [5.74, 6) is -1.27. The second-order valence-corrected chi connectivity index (χ2v) is 5.46. The van der Waals surface area contributed by atoms with E-state index in [2.05, 4.69) is 0 Å². The van der Waals surface area contributed by atoms with Gasteiger partial charge in [-0.2, -0.15) is 0 Å². The van der Waals surface area contributed by atoms with E-state index in [1.807, 2.05) is 6.07 Å². The molecule has 5 heteroatoms. The number of ether oxygens (including phenoxy) is 2. The van der Waals surface area contributed by atoms with Gasteiger partial charge in [-0.05, 0) is 17.7 Å². The average Bonchev–Trinajstić information content (AvgIpc) is 2.93. The molecule has 0 saturated carbocycles. The number of cyclic esters (lactones) is 1. The van der Waals surface area contributed by atoms with Crippen molar-refractivity contribution in [2.24, 2.45) is 0 Å². The second kappa shape index (κ2) is 5.89. The van der Waals surface area contributed by atoms with Crippen molar-refractivity contribution < 1.29 is 19.1 Å². The lowest BCUT2D eigenvalue weighted by Gasteiger charge is -2.29. The SMILES string of the molecule is COC(=O)[C@]1(c2ccccc2)OC(=O)C=C1c1cccc(Cl)c1. The molecule has 2 aromatic carbocycles. The lowest BCUT2D eigenvalue weighted by Crippen LogP contribution is -2.39. The largest absolute Gasteiger partial charge is 0.466 e. The summed E-state index contributed by atoms with van der Waals surface area (Å²) in [5, 5.41) is 0.495. The highest BCUT2D eigenvalue weighted by atomic mass is 35.5. The molecule has 116 valence electrons. The van der Waals surface area contributed by atoms with Crippen LogP contribution in [-0.2, 0) is 24.7 Å². The van der Waals surface area contributed by atoms with Crippen LogP contribution in [0.4, 0.5) is 0 Å². The molecule has 2 aromatic rings. The van der Waals surface area contributed by atoms with Crippen LogP contribution < -0.4 is 0 Å². The molecule has 3 rings (SSSR count). The molecule has 1 heterocycles. The Hall–Kier alpha value is -2.59. The Balaban J connectivity index is 2.24. The summed E-state index contributed by atoms with van der Waals surface area (Å²) in [6.45, 7) is 0. The zero-order valence-corrected chi connectivity index (χ0v) is 13.0. The lowest BCUT2D eigenvalue weighted by atomic mass is 9.83. The van der Waals surface area contributed by atoms with E-state index in [4.69, 9.17) is 21.1 Å². The van der Waals surface area contributed by atoms with E-state index >= 15 is 0 Å². The number of carbonyl (C=O) groups excluding carboxylic acids is 2. The molecule has 0 N–H and O–H groups in total. The number of esters is 2. The third-order valence-electron chi connectivity index (χ3n) is 3.68. The minimum absolute atomic E-state index is 0.406. The lowest BCUT2D eigenvalue weighted by molar-refractivity contribution is -0.169. The Morgan fingerprint density at radius 3 is 2.52 bits per heavy atom. The van der Waals surface area contributed by atoms with E-state index in [0.29, 0.717) is 21.7 Å². The fourth-order valence-corrected chi connectivity index (χ4v) is 2.89. The van der Waals surface area contributed by atoms with Crippen molar-refractivity contribution in [1.29, 1.82) is 0 Å². The first-order valence-electron chi connectivity index (χ1n) is 6.93. The van der Waals surface area contributed by atoms with Gasteiger partial charge in [-0.3, -0.25) is 0 Å². The number of hydrogen-bond donors (Lipinski definition) is 0. The van der Waals surface area contributed by atoms with E-state index in [0.717, 1.165) is 0 Å². The summed E-state index contributed by atoms with van der Waals surface area (Å²) in [4.78, 5) is 24.6. The summed E-state index contributed by atoms with van der Waals surface area (Å²) in [7, 11) is 1.26. The van der Waals surface area contributed by atoms with Gasteiger partial charge in [0, 0.05) is 22.2 Å². The number of carbonyl (C=O) groups is 2. The van der Waals surface area contributed by atoms with Crippen molar-refractivity contribution in [2.75, 3.05) is 7.11 Å². The maximum atomic E-state index is 12.6. The van der Waals surface area contributed by atoms with Gasteiger partial charge in [-0.1, -0.05) is 54.1 Å². The Morgan fingerprint density at radius 1 is 1.13 bits per heavy atom. The molecule has 23 heavy (non-hydrogen) atoms. The Kier molecular flexibility index (Phi) is 3.92. The number of benzene rings is 2. The fraction of sp³-hybridized carbons (Fsp3) is 0.111. The van der Waals surface area contributed by atoms with Crippen molar-refractivity contribution in [2.45, 2.75) is 5.60 Å². The van der Waals surface area contributed by atoms with Crippen molar-refractivity contribution >= 4 is 29.1 Å². The van der Waals surface area contributed by atoms with E-state index in [9.17, 15) is 9.59 Å². The number of hydrogen-bond acceptors (Lipinski definition) is 4. The molecule has 1 aliphatic heterocycles. The predicted octanol–water partition coefficient (Wildman–Crippen LogP) is 3.35. The summed E-state index contributed by atoms with van der Waals surface area (Å²) in [6, 6.07) is 15.7. The quantitative estimate of drug-likeness (QED) is 0.811. The Morgan fingerprint density at radius 2 is 1.87 bits per heavy atom. The van der Waals surface area contributed by atoms with E-state index < -0.39 is 17.5 Å². The molecule has 1 atom stereocenters. The second-order valence-electron chi connectivity index (χ2n) is 5.03. The highest BCUT2D eigenvalue weighted by Crippen LogP contribution is 2.45. The van der Waals surface area contributed by atoms with Crippen LogP contribution >= 0.6 is 11.6 Å². The average molecular weight is 329 g/mol. The first kappa shape index (κ1) is 15.3. The van der Waals surface area contributed by atoms with E-state index in [-0.39, 0.29) is 0 Å². The molecular weight excluding hydrogens is 316 g/mol. The summed E-state index contributed by atoms with van der Waals surface area (Å²) in [5.41, 5.74) is -0.0813. The molecule has 0 saturated heterocycles. The fourth-order valence-electron chi connectivity index (χ4n) is 2.70. The highest BCUT2D eigenvalue weighted by molar-refractivity contribution is 6.30. The van der Waals surface area contributed by atoms with Crippen molar-refractivity contribution in [3.05, 3.63) is 76.8 Å². The maximum Gasteiger partial charge on any atom is 0.360 e. The monoisotopic (exact) mass is 328 g/mol. The van der Waals surface area contributed by atoms with Crippen LogP contribution in [-0.4, -0.2) is 19.0 Å².